The summed E-state index contributed by atoms with van der Waals surface area (Å²) in [5.74, 6) is 0.920. The van der Waals surface area contributed by atoms with Gasteiger partial charge < -0.3 is 9.80 Å². The number of benzene rings is 1. The number of anilines is 1. The Hall–Kier alpha value is -2.10. The summed E-state index contributed by atoms with van der Waals surface area (Å²) in [5.41, 5.74) is 3.62. The van der Waals surface area contributed by atoms with Crippen LogP contribution >= 0.6 is 0 Å². The summed E-state index contributed by atoms with van der Waals surface area (Å²) >= 11 is 0. The lowest BCUT2D eigenvalue weighted by atomic mass is 9.92. The number of aromatic nitrogens is 1. The van der Waals surface area contributed by atoms with Gasteiger partial charge in [0.15, 0.2) is 0 Å². The molecule has 1 amide bonds. The highest BCUT2D eigenvalue weighted by molar-refractivity contribution is 5.92. The van der Waals surface area contributed by atoms with E-state index in [9.17, 15) is 4.79 Å². The summed E-state index contributed by atoms with van der Waals surface area (Å²) in [6.45, 7) is 6.23. The fourth-order valence-corrected chi connectivity index (χ4v) is 4.58. The maximum atomic E-state index is 12.5. The molecule has 2 aromatic rings. The quantitative estimate of drug-likeness (QED) is 0.787. The highest BCUT2D eigenvalue weighted by Gasteiger charge is 2.26. The van der Waals surface area contributed by atoms with Gasteiger partial charge in [-0.05, 0) is 50.2 Å². The molecule has 0 N–H and O–H groups in total. The van der Waals surface area contributed by atoms with Crippen LogP contribution in [0.25, 0.3) is 10.9 Å². The first-order chi connectivity index (χ1) is 13.2. The maximum Gasteiger partial charge on any atom is 0.222 e. The molecule has 2 saturated heterocycles. The Balaban J connectivity index is 1.45. The number of hydrogen-bond acceptors (Lipinski definition) is 3. The standard InChI is InChI=1S/C23H31N3O/c1-2-7-19-17-22(20-8-3-4-9-21(20)24-19)25-14-10-18(11-15-25)16-23(27)26-12-5-6-13-26/h3-4,8-9,17-18H,2,5-7,10-16H2,1H3. The number of carbonyl (C=O) groups is 1. The van der Waals surface area contributed by atoms with Crippen LogP contribution in [-0.4, -0.2) is 42.0 Å². The summed E-state index contributed by atoms with van der Waals surface area (Å²) in [5, 5.41) is 1.25. The predicted molar refractivity (Wildman–Crippen MR) is 111 cm³/mol. The number of rotatable bonds is 5. The van der Waals surface area contributed by atoms with Crippen molar-refractivity contribution in [3.8, 4) is 0 Å². The predicted octanol–water partition coefficient (Wildman–Crippen LogP) is 4.42. The number of likely N-dealkylation sites (tertiary alicyclic amines) is 1. The van der Waals surface area contributed by atoms with E-state index < -0.39 is 0 Å². The third-order valence-electron chi connectivity index (χ3n) is 6.13. The molecule has 4 nitrogen and oxygen atoms in total. The van der Waals surface area contributed by atoms with Gasteiger partial charge in [0.25, 0.3) is 0 Å². The number of amides is 1. The summed E-state index contributed by atoms with van der Waals surface area (Å²) in [6.07, 6.45) is 7.47. The van der Waals surface area contributed by atoms with Gasteiger partial charge in [-0.1, -0.05) is 31.5 Å². The molecule has 0 spiro atoms. The molecule has 0 unspecified atom stereocenters. The average molecular weight is 366 g/mol. The molecular formula is C23H31N3O. The molecule has 2 aliphatic rings. The van der Waals surface area contributed by atoms with Crippen molar-refractivity contribution in [2.24, 2.45) is 5.92 Å². The number of para-hydroxylation sites is 1. The summed E-state index contributed by atoms with van der Waals surface area (Å²) in [6, 6.07) is 10.8. The van der Waals surface area contributed by atoms with Gasteiger partial charge in [0.05, 0.1) is 5.52 Å². The lowest BCUT2D eigenvalue weighted by Gasteiger charge is -2.34. The van der Waals surface area contributed by atoms with Crippen molar-refractivity contribution in [2.75, 3.05) is 31.1 Å². The van der Waals surface area contributed by atoms with E-state index in [1.54, 1.807) is 0 Å². The zero-order chi connectivity index (χ0) is 18.6. The molecule has 4 heteroatoms. The van der Waals surface area contributed by atoms with Gasteiger partial charge in [-0.25, -0.2) is 0 Å². The fraction of sp³-hybridized carbons (Fsp3) is 0.565. The van der Waals surface area contributed by atoms with Crippen LogP contribution in [-0.2, 0) is 11.2 Å². The molecule has 4 rings (SSSR count). The van der Waals surface area contributed by atoms with Crippen LogP contribution in [0, 0.1) is 5.92 Å². The molecule has 2 aliphatic heterocycles. The minimum absolute atomic E-state index is 0.380. The van der Waals surface area contributed by atoms with Gasteiger partial charge in [0.2, 0.25) is 5.91 Å². The van der Waals surface area contributed by atoms with Crippen LogP contribution in [0.5, 0.6) is 0 Å². The lowest BCUT2D eigenvalue weighted by molar-refractivity contribution is -0.131. The van der Waals surface area contributed by atoms with E-state index in [0.29, 0.717) is 11.8 Å². The fourth-order valence-electron chi connectivity index (χ4n) is 4.58. The van der Waals surface area contributed by atoms with Crippen LogP contribution in [0.3, 0.4) is 0 Å². The molecule has 1 aromatic carbocycles. The second kappa shape index (κ2) is 8.28. The molecule has 0 bridgehead atoms. The monoisotopic (exact) mass is 365 g/mol. The Labute approximate surface area is 162 Å². The van der Waals surface area contributed by atoms with E-state index in [0.717, 1.165) is 63.8 Å². The van der Waals surface area contributed by atoms with Crippen LogP contribution in [0.2, 0.25) is 0 Å². The van der Waals surface area contributed by atoms with Crippen LogP contribution in [0.15, 0.2) is 30.3 Å². The van der Waals surface area contributed by atoms with Crippen molar-refractivity contribution in [3.63, 3.8) is 0 Å². The van der Waals surface area contributed by atoms with Crippen molar-refractivity contribution in [1.82, 2.24) is 9.88 Å². The second-order valence-electron chi connectivity index (χ2n) is 8.12. The first kappa shape index (κ1) is 18.3. The lowest BCUT2D eigenvalue weighted by Crippen LogP contribution is -2.36. The van der Waals surface area contributed by atoms with Crippen LogP contribution < -0.4 is 4.90 Å². The smallest absolute Gasteiger partial charge is 0.222 e. The first-order valence-electron chi connectivity index (χ1n) is 10.7. The summed E-state index contributed by atoms with van der Waals surface area (Å²) in [7, 11) is 0. The highest BCUT2D eigenvalue weighted by atomic mass is 16.2. The van der Waals surface area contributed by atoms with E-state index in [1.807, 2.05) is 0 Å². The van der Waals surface area contributed by atoms with E-state index in [4.69, 9.17) is 4.98 Å². The molecule has 0 aliphatic carbocycles. The molecular weight excluding hydrogens is 334 g/mol. The van der Waals surface area contributed by atoms with Gasteiger partial charge in [0.1, 0.15) is 0 Å². The molecule has 0 radical (unpaired) electrons. The van der Waals surface area contributed by atoms with Crippen molar-refractivity contribution < 1.29 is 4.79 Å². The molecule has 2 fully saturated rings. The van der Waals surface area contributed by atoms with Crippen LogP contribution in [0.1, 0.15) is 51.1 Å². The van der Waals surface area contributed by atoms with Crippen LogP contribution in [0.4, 0.5) is 5.69 Å². The molecule has 144 valence electrons. The topological polar surface area (TPSA) is 36.4 Å². The second-order valence-corrected chi connectivity index (χ2v) is 8.12. The van der Waals surface area contributed by atoms with Crippen molar-refractivity contribution in [2.45, 2.75) is 51.9 Å². The first-order valence-corrected chi connectivity index (χ1v) is 10.7. The number of carbonyl (C=O) groups excluding carboxylic acids is 1. The summed E-state index contributed by atoms with van der Waals surface area (Å²) in [4.78, 5) is 21.9. The van der Waals surface area contributed by atoms with E-state index >= 15 is 0 Å². The third kappa shape index (κ3) is 4.10. The normalized spacial score (nSPS) is 18.4. The number of fused-ring (bicyclic) bond motifs is 1. The van der Waals surface area contributed by atoms with Gasteiger partial charge >= 0.3 is 0 Å². The average Bonchev–Trinajstić information content (AvgIpc) is 3.23. The Morgan fingerprint density at radius 2 is 1.85 bits per heavy atom. The zero-order valence-corrected chi connectivity index (χ0v) is 16.5. The molecule has 3 heterocycles. The number of hydrogen-bond donors (Lipinski definition) is 0. The van der Waals surface area contributed by atoms with Gasteiger partial charge in [0, 0.05) is 49.4 Å². The number of pyridine rings is 1. The van der Waals surface area contributed by atoms with E-state index in [2.05, 4.69) is 47.1 Å². The van der Waals surface area contributed by atoms with Gasteiger partial charge in [-0.2, -0.15) is 0 Å². The zero-order valence-electron chi connectivity index (χ0n) is 16.5. The Morgan fingerprint density at radius 3 is 2.59 bits per heavy atom. The molecule has 0 saturated carbocycles. The van der Waals surface area contributed by atoms with Crippen molar-refractivity contribution in [3.05, 3.63) is 36.0 Å². The number of aryl methyl sites for hydroxylation is 1. The number of piperidine rings is 1. The SMILES string of the molecule is CCCc1cc(N2CCC(CC(=O)N3CCCC3)CC2)c2ccccc2n1. The minimum Gasteiger partial charge on any atom is -0.371 e. The van der Waals surface area contributed by atoms with Gasteiger partial charge in [-0.15, -0.1) is 0 Å². The largest absolute Gasteiger partial charge is 0.371 e. The third-order valence-corrected chi connectivity index (χ3v) is 6.13. The Morgan fingerprint density at radius 1 is 1.11 bits per heavy atom. The number of nitrogens with zero attached hydrogens (tertiary/aromatic N) is 3. The van der Waals surface area contributed by atoms with E-state index in [-0.39, 0.29) is 0 Å². The van der Waals surface area contributed by atoms with Gasteiger partial charge in [-0.3, -0.25) is 9.78 Å². The highest BCUT2D eigenvalue weighted by Crippen LogP contribution is 2.32. The minimum atomic E-state index is 0.380. The van der Waals surface area contributed by atoms with Crippen molar-refractivity contribution >= 4 is 22.5 Å². The van der Waals surface area contributed by atoms with Crippen molar-refractivity contribution in [1.29, 1.82) is 0 Å². The Bertz CT molecular complexity index is 789. The molecule has 1 aromatic heterocycles. The van der Waals surface area contributed by atoms with E-state index in [1.165, 1.54) is 29.6 Å². The Kier molecular flexibility index (Phi) is 5.61. The summed E-state index contributed by atoms with van der Waals surface area (Å²) < 4.78 is 0. The molecule has 27 heavy (non-hydrogen) atoms. The maximum absolute atomic E-state index is 12.5. The molecule has 0 atom stereocenters.